The highest BCUT2D eigenvalue weighted by Gasteiger charge is 2.23. The first-order valence-corrected chi connectivity index (χ1v) is 10.5. The third-order valence-electron chi connectivity index (χ3n) is 5.58. The normalized spacial score (nSPS) is 14.5. The van der Waals surface area contributed by atoms with Crippen LogP contribution in [0.1, 0.15) is 29.9 Å². The molecule has 0 bridgehead atoms. The summed E-state index contributed by atoms with van der Waals surface area (Å²) in [6, 6.07) is 12.7. The summed E-state index contributed by atoms with van der Waals surface area (Å²) in [7, 11) is 0. The van der Waals surface area contributed by atoms with E-state index in [1.165, 1.54) is 17.7 Å². The zero-order valence-electron chi connectivity index (χ0n) is 16.9. The number of nitrogens with one attached hydrogen (secondary N) is 2. The Morgan fingerprint density at radius 3 is 2.81 bits per heavy atom. The van der Waals surface area contributed by atoms with Crippen LogP contribution in [0.2, 0.25) is 5.02 Å². The molecule has 2 aromatic carbocycles. The molecule has 1 aliphatic rings. The summed E-state index contributed by atoms with van der Waals surface area (Å²) in [5.41, 5.74) is 2.49. The van der Waals surface area contributed by atoms with Gasteiger partial charge in [-0.25, -0.2) is 9.49 Å². The molecule has 4 rings (SSSR count). The number of rotatable bonds is 6. The molecular weight excluding hydrogens is 417 g/mol. The summed E-state index contributed by atoms with van der Waals surface area (Å²) in [5.74, 6) is 1.01. The number of carbonyl (C=O) groups is 1. The smallest absolute Gasteiger partial charge is 0.245 e. The Bertz CT molecular complexity index is 1070. The van der Waals surface area contributed by atoms with Gasteiger partial charge in [0.2, 0.25) is 11.9 Å². The Morgan fingerprint density at radius 2 is 2.06 bits per heavy atom. The Morgan fingerprint density at radius 1 is 1.29 bits per heavy atom. The number of aromatic nitrogens is 3. The van der Waals surface area contributed by atoms with Crippen LogP contribution in [-0.2, 0) is 11.3 Å². The van der Waals surface area contributed by atoms with Gasteiger partial charge in [0.05, 0.1) is 0 Å². The number of nitrogens with zero attached hydrogens (tertiary/aromatic N) is 3. The van der Waals surface area contributed by atoms with Crippen LogP contribution in [0.4, 0.5) is 10.3 Å². The summed E-state index contributed by atoms with van der Waals surface area (Å²) in [5, 5.41) is 10.5. The van der Waals surface area contributed by atoms with Crippen molar-refractivity contribution >= 4 is 23.5 Å². The van der Waals surface area contributed by atoms with Crippen molar-refractivity contribution in [3.63, 3.8) is 0 Å². The van der Waals surface area contributed by atoms with E-state index in [9.17, 15) is 9.18 Å². The van der Waals surface area contributed by atoms with Crippen LogP contribution in [0, 0.1) is 5.82 Å². The van der Waals surface area contributed by atoms with E-state index in [-0.39, 0.29) is 18.3 Å². The van der Waals surface area contributed by atoms with Gasteiger partial charge in [0.25, 0.3) is 0 Å². The van der Waals surface area contributed by atoms with Gasteiger partial charge in [-0.15, -0.1) is 0 Å². The molecule has 2 N–H and O–H groups in total. The molecule has 0 unspecified atom stereocenters. The van der Waals surface area contributed by atoms with E-state index in [1.807, 2.05) is 17.0 Å². The maximum atomic E-state index is 13.9. The highest BCUT2D eigenvalue weighted by molar-refractivity contribution is 6.31. The van der Waals surface area contributed by atoms with Crippen LogP contribution in [0.5, 0.6) is 0 Å². The predicted octanol–water partition coefficient (Wildman–Crippen LogP) is 4.77. The maximum absolute atomic E-state index is 13.9. The summed E-state index contributed by atoms with van der Waals surface area (Å²) < 4.78 is 13.9. The molecule has 1 aromatic heterocycles. The first-order chi connectivity index (χ1) is 15.0. The third-order valence-corrected chi connectivity index (χ3v) is 5.93. The fraction of sp³-hybridized carbons (Fsp3) is 0.261. The SMILES string of the molecule is C=CC(=O)N1CCC(c2cccc(-c3n[nH]c(NCc4c(F)cccc4Cl)n3)c2)CC1. The van der Waals surface area contributed by atoms with E-state index in [2.05, 4.69) is 39.2 Å². The predicted molar refractivity (Wildman–Crippen MR) is 119 cm³/mol. The van der Waals surface area contributed by atoms with E-state index in [0.29, 0.717) is 28.3 Å². The van der Waals surface area contributed by atoms with E-state index in [4.69, 9.17) is 11.6 Å². The van der Waals surface area contributed by atoms with Crippen molar-refractivity contribution in [3.05, 3.63) is 77.1 Å². The summed E-state index contributed by atoms with van der Waals surface area (Å²) in [6.07, 6.45) is 3.19. The second-order valence-corrected chi connectivity index (χ2v) is 7.90. The molecule has 1 saturated heterocycles. The molecule has 0 aliphatic carbocycles. The van der Waals surface area contributed by atoms with Gasteiger partial charge in [0.1, 0.15) is 5.82 Å². The van der Waals surface area contributed by atoms with Gasteiger partial charge >= 0.3 is 0 Å². The molecule has 31 heavy (non-hydrogen) atoms. The van der Waals surface area contributed by atoms with E-state index < -0.39 is 0 Å². The van der Waals surface area contributed by atoms with Crippen LogP contribution in [-0.4, -0.2) is 39.1 Å². The van der Waals surface area contributed by atoms with Gasteiger partial charge in [-0.1, -0.05) is 42.4 Å². The zero-order chi connectivity index (χ0) is 21.8. The summed E-state index contributed by atoms with van der Waals surface area (Å²) in [6.45, 7) is 5.22. The van der Waals surface area contributed by atoms with E-state index in [0.717, 1.165) is 31.5 Å². The highest BCUT2D eigenvalue weighted by atomic mass is 35.5. The molecule has 1 aliphatic heterocycles. The minimum Gasteiger partial charge on any atom is -0.350 e. The van der Waals surface area contributed by atoms with Crippen molar-refractivity contribution < 1.29 is 9.18 Å². The number of aromatic amines is 1. The molecule has 6 nitrogen and oxygen atoms in total. The quantitative estimate of drug-likeness (QED) is 0.542. The first kappa shape index (κ1) is 21.1. The molecule has 1 amide bonds. The Kier molecular flexibility index (Phi) is 6.32. The van der Waals surface area contributed by atoms with Gasteiger partial charge in [0.15, 0.2) is 5.82 Å². The summed E-state index contributed by atoms with van der Waals surface area (Å²) in [4.78, 5) is 18.1. The average Bonchev–Trinajstić information content (AvgIpc) is 3.27. The molecule has 0 atom stereocenters. The number of piperidine rings is 1. The lowest BCUT2D eigenvalue weighted by Crippen LogP contribution is -2.36. The van der Waals surface area contributed by atoms with E-state index >= 15 is 0 Å². The summed E-state index contributed by atoms with van der Waals surface area (Å²) >= 11 is 6.07. The van der Waals surface area contributed by atoms with Crippen LogP contribution in [0.3, 0.4) is 0 Å². The zero-order valence-corrected chi connectivity index (χ0v) is 17.7. The number of amides is 1. The van der Waals surface area contributed by atoms with Crippen LogP contribution >= 0.6 is 11.6 Å². The Hall–Kier alpha value is -3.19. The lowest BCUT2D eigenvalue weighted by molar-refractivity contribution is -0.127. The second kappa shape index (κ2) is 9.31. The van der Waals surface area contributed by atoms with Crippen molar-refractivity contribution in [1.29, 1.82) is 0 Å². The van der Waals surface area contributed by atoms with Crippen LogP contribution in [0.15, 0.2) is 55.1 Å². The van der Waals surface area contributed by atoms with Gasteiger partial charge < -0.3 is 10.2 Å². The lowest BCUT2D eigenvalue weighted by atomic mass is 9.88. The standard InChI is InChI=1S/C23H23ClFN5O/c1-2-21(31)30-11-9-15(10-12-30)16-5-3-6-17(13-16)22-27-23(29-28-22)26-14-18-19(24)7-4-8-20(18)25/h2-8,13,15H,1,9-12,14H2,(H2,26,27,28,29). The first-order valence-electron chi connectivity index (χ1n) is 10.2. The van der Waals surface area contributed by atoms with Crippen molar-refractivity contribution in [3.8, 4) is 11.4 Å². The number of halogens is 2. The van der Waals surface area contributed by atoms with E-state index in [1.54, 1.807) is 12.1 Å². The highest BCUT2D eigenvalue weighted by Crippen LogP contribution is 2.30. The fourth-order valence-electron chi connectivity index (χ4n) is 3.84. The third kappa shape index (κ3) is 4.77. The molecule has 0 spiro atoms. The molecular formula is C23H23ClFN5O. The fourth-order valence-corrected chi connectivity index (χ4v) is 4.07. The van der Waals surface area contributed by atoms with Crippen molar-refractivity contribution in [1.82, 2.24) is 20.1 Å². The molecule has 3 aromatic rings. The van der Waals surface area contributed by atoms with Crippen molar-refractivity contribution in [2.24, 2.45) is 0 Å². The Labute approximate surface area is 185 Å². The largest absolute Gasteiger partial charge is 0.350 e. The average molecular weight is 440 g/mol. The van der Waals surface area contributed by atoms with Crippen LogP contribution < -0.4 is 5.32 Å². The molecule has 1 fully saturated rings. The minimum absolute atomic E-state index is 0.00961. The monoisotopic (exact) mass is 439 g/mol. The molecule has 8 heteroatoms. The number of anilines is 1. The molecule has 0 saturated carbocycles. The van der Waals surface area contributed by atoms with Gasteiger partial charge in [-0.3, -0.25) is 4.79 Å². The number of hydrogen-bond donors (Lipinski definition) is 2. The van der Waals surface area contributed by atoms with Gasteiger partial charge in [0, 0.05) is 35.8 Å². The topological polar surface area (TPSA) is 73.9 Å². The molecule has 160 valence electrons. The van der Waals surface area contributed by atoms with Gasteiger partial charge in [-0.2, -0.15) is 10.1 Å². The second-order valence-electron chi connectivity index (χ2n) is 7.49. The minimum atomic E-state index is -0.367. The van der Waals surface area contributed by atoms with Crippen molar-refractivity contribution in [2.75, 3.05) is 18.4 Å². The van der Waals surface area contributed by atoms with Crippen molar-refractivity contribution in [2.45, 2.75) is 25.3 Å². The number of carbonyl (C=O) groups excluding carboxylic acids is 1. The number of H-pyrrole nitrogens is 1. The number of benzene rings is 2. The maximum Gasteiger partial charge on any atom is 0.245 e. The molecule has 0 radical (unpaired) electrons. The molecule has 2 heterocycles. The lowest BCUT2D eigenvalue weighted by Gasteiger charge is -2.31. The number of likely N-dealkylation sites (tertiary alicyclic amines) is 1. The Balaban J connectivity index is 1.42. The van der Waals surface area contributed by atoms with Gasteiger partial charge in [-0.05, 0) is 48.6 Å². The number of hydrogen-bond acceptors (Lipinski definition) is 4. The van der Waals surface area contributed by atoms with Crippen LogP contribution in [0.25, 0.3) is 11.4 Å².